The lowest BCUT2D eigenvalue weighted by atomic mass is 10.2. The Kier molecular flexibility index (Phi) is 9.32. The van der Waals surface area contributed by atoms with Crippen LogP contribution in [-0.2, 0) is 4.74 Å². The fourth-order valence-electron chi connectivity index (χ4n) is 0.983. The molecule has 0 aromatic heterocycles. The van der Waals surface area contributed by atoms with Crippen molar-refractivity contribution >= 4 is 0 Å². The summed E-state index contributed by atoms with van der Waals surface area (Å²) in [4.78, 5) is 0. The zero-order valence-corrected chi connectivity index (χ0v) is 8.19. The van der Waals surface area contributed by atoms with Crippen LogP contribution in [0.4, 0.5) is 8.78 Å². The molecule has 0 saturated carbocycles. The third kappa shape index (κ3) is 11.6. The second-order valence-electron chi connectivity index (χ2n) is 2.96. The molecule has 0 atom stereocenters. The van der Waals surface area contributed by atoms with Gasteiger partial charge in [-0.1, -0.05) is 13.3 Å². The predicted octanol–water partition coefficient (Wildman–Crippen LogP) is 3.75. The molecule has 13 heavy (non-hydrogen) atoms. The van der Waals surface area contributed by atoms with Crippen molar-refractivity contribution in [3.8, 4) is 0 Å². The fourth-order valence-corrected chi connectivity index (χ4v) is 0.983. The van der Waals surface area contributed by atoms with E-state index in [0.717, 1.165) is 45.0 Å². The molecule has 0 aromatic rings. The Labute approximate surface area is 78.8 Å². The predicted molar refractivity (Wildman–Crippen MR) is 49.9 cm³/mol. The van der Waals surface area contributed by atoms with Gasteiger partial charge in [0.2, 0.25) is 0 Å². The maximum atomic E-state index is 11.5. The molecular formula is C10H18F2O. The third-order valence-corrected chi connectivity index (χ3v) is 1.64. The topological polar surface area (TPSA) is 9.23 Å². The number of rotatable bonds is 8. The van der Waals surface area contributed by atoms with Crippen LogP contribution in [0.3, 0.4) is 0 Å². The van der Waals surface area contributed by atoms with Gasteiger partial charge in [0, 0.05) is 13.2 Å². The van der Waals surface area contributed by atoms with E-state index in [1.807, 2.05) is 0 Å². The van der Waals surface area contributed by atoms with Gasteiger partial charge in [-0.25, -0.2) is 0 Å². The van der Waals surface area contributed by atoms with E-state index >= 15 is 0 Å². The Hall–Kier alpha value is -0.440. The summed E-state index contributed by atoms with van der Waals surface area (Å²) in [5, 5.41) is 0. The van der Waals surface area contributed by atoms with Gasteiger partial charge in [-0.15, -0.1) is 0 Å². The first-order valence-corrected chi connectivity index (χ1v) is 4.86. The maximum absolute atomic E-state index is 11.5. The van der Waals surface area contributed by atoms with Crippen LogP contribution in [0.5, 0.6) is 0 Å². The van der Waals surface area contributed by atoms with Gasteiger partial charge in [0.25, 0.3) is 6.08 Å². The van der Waals surface area contributed by atoms with E-state index in [4.69, 9.17) is 4.74 Å². The lowest BCUT2D eigenvalue weighted by Gasteiger charge is -2.00. The molecule has 0 aliphatic rings. The van der Waals surface area contributed by atoms with Gasteiger partial charge in [0.1, 0.15) is 0 Å². The zero-order valence-electron chi connectivity index (χ0n) is 8.19. The van der Waals surface area contributed by atoms with Crippen LogP contribution in [0.25, 0.3) is 0 Å². The molecule has 0 aromatic carbocycles. The summed E-state index contributed by atoms with van der Waals surface area (Å²) < 4.78 is 28.3. The Morgan fingerprint density at radius 3 is 2.54 bits per heavy atom. The van der Waals surface area contributed by atoms with Crippen molar-refractivity contribution in [2.75, 3.05) is 13.2 Å². The lowest BCUT2D eigenvalue weighted by Crippen LogP contribution is -1.95. The quantitative estimate of drug-likeness (QED) is 0.532. The first-order chi connectivity index (χ1) is 6.27. The number of unbranched alkanes of at least 4 members (excludes halogenated alkanes) is 3. The summed E-state index contributed by atoms with van der Waals surface area (Å²) in [5.74, 6) is 0. The van der Waals surface area contributed by atoms with Crippen LogP contribution in [-0.4, -0.2) is 13.2 Å². The van der Waals surface area contributed by atoms with Crippen molar-refractivity contribution in [1.82, 2.24) is 0 Å². The van der Waals surface area contributed by atoms with E-state index in [0.29, 0.717) is 6.42 Å². The second-order valence-corrected chi connectivity index (χ2v) is 2.96. The molecule has 0 aliphatic heterocycles. The molecular weight excluding hydrogens is 174 g/mol. The Morgan fingerprint density at radius 1 is 1.15 bits per heavy atom. The Bertz CT molecular complexity index is 131. The highest BCUT2D eigenvalue weighted by Gasteiger charge is 1.90. The van der Waals surface area contributed by atoms with E-state index in [9.17, 15) is 8.78 Å². The minimum absolute atomic E-state index is 0.482. The van der Waals surface area contributed by atoms with Crippen LogP contribution in [0.1, 0.15) is 39.0 Å². The molecule has 0 saturated heterocycles. The smallest absolute Gasteiger partial charge is 0.266 e. The first-order valence-electron chi connectivity index (χ1n) is 4.86. The molecule has 0 unspecified atom stereocenters. The third-order valence-electron chi connectivity index (χ3n) is 1.64. The molecule has 0 aliphatic carbocycles. The standard InChI is InChI=1S/C10H18F2O/c1-2-8-13-9-6-4-3-5-7-10(11)12/h7H,2-6,8-9H2,1H3. The van der Waals surface area contributed by atoms with Crippen LogP contribution >= 0.6 is 0 Å². The van der Waals surface area contributed by atoms with Gasteiger partial charge in [0.05, 0.1) is 0 Å². The number of hydrogen-bond donors (Lipinski definition) is 0. The summed E-state index contributed by atoms with van der Waals surface area (Å²) in [6.07, 6.45) is 3.70. The van der Waals surface area contributed by atoms with Crippen molar-refractivity contribution < 1.29 is 13.5 Å². The number of ether oxygens (including phenoxy) is 1. The zero-order chi connectivity index (χ0) is 9.94. The summed E-state index contributed by atoms with van der Waals surface area (Å²) in [6.45, 7) is 3.63. The van der Waals surface area contributed by atoms with E-state index in [-0.39, 0.29) is 0 Å². The molecule has 0 fully saturated rings. The van der Waals surface area contributed by atoms with Gasteiger partial charge in [-0.2, -0.15) is 8.78 Å². The van der Waals surface area contributed by atoms with Crippen molar-refractivity contribution in [1.29, 1.82) is 0 Å². The largest absolute Gasteiger partial charge is 0.381 e. The molecule has 0 rings (SSSR count). The van der Waals surface area contributed by atoms with Gasteiger partial charge >= 0.3 is 0 Å². The number of halogens is 2. The van der Waals surface area contributed by atoms with Gasteiger partial charge in [-0.3, -0.25) is 0 Å². The van der Waals surface area contributed by atoms with Gasteiger partial charge < -0.3 is 4.74 Å². The molecule has 0 heterocycles. The average molecular weight is 192 g/mol. The van der Waals surface area contributed by atoms with Crippen molar-refractivity contribution in [2.24, 2.45) is 0 Å². The summed E-state index contributed by atoms with van der Waals surface area (Å²) in [5.41, 5.74) is 0. The highest BCUT2D eigenvalue weighted by atomic mass is 19.3. The molecule has 3 heteroatoms. The molecule has 0 radical (unpaired) electrons. The minimum Gasteiger partial charge on any atom is -0.381 e. The van der Waals surface area contributed by atoms with Crippen LogP contribution in [0, 0.1) is 0 Å². The van der Waals surface area contributed by atoms with Crippen molar-refractivity contribution in [3.05, 3.63) is 12.2 Å². The normalized spacial score (nSPS) is 10.1. The van der Waals surface area contributed by atoms with E-state index in [1.165, 1.54) is 0 Å². The van der Waals surface area contributed by atoms with Crippen LogP contribution in [0.15, 0.2) is 12.2 Å². The Morgan fingerprint density at radius 2 is 1.92 bits per heavy atom. The number of allylic oxidation sites excluding steroid dienone is 1. The van der Waals surface area contributed by atoms with E-state index in [2.05, 4.69) is 6.92 Å². The molecule has 0 spiro atoms. The average Bonchev–Trinajstić information content (AvgIpc) is 2.09. The van der Waals surface area contributed by atoms with Crippen molar-refractivity contribution in [2.45, 2.75) is 39.0 Å². The molecule has 78 valence electrons. The second kappa shape index (κ2) is 9.65. The van der Waals surface area contributed by atoms with Gasteiger partial charge in [0.15, 0.2) is 0 Å². The van der Waals surface area contributed by atoms with Gasteiger partial charge in [-0.05, 0) is 31.8 Å². The molecule has 0 amide bonds. The summed E-state index contributed by atoms with van der Waals surface area (Å²) >= 11 is 0. The van der Waals surface area contributed by atoms with Crippen LogP contribution < -0.4 is 0 Å². The highest BCUT2D eigenvalue weighted by Crippen LogP contribution is 2.05. The SMILES string of the molecule is CCCOCCCCCC=C(F)F. The highest BCUT2D eigenvalue weighted by molar-refractivity contribution is 4.79. The number of hydrogen-bond acceptors (Lipinski definition) is 1. The fraction of sp³-hybridized carbons (Fsp3) is 0.800. The van der Waals surface area contributed by atoms with E-state index < -0.39 is 6.08 Å². The molecule has 0 bridgehead atoms. The van der Waals surface area contributed by atoms with Crippen LogP contribution in [0.2, 0.25) is 0 Å². The molecule has 1 nitrogen and oxygen atoms in total. The summed E-state index contributed by atoms with van der Waals surface area (Å²) in [7, 11) is 0. The first kappa shape index (κ1) is 12.6. The minimum atomic E-state index is -1.57. The monoisotopic (exact) mass is 192 g/mol. The molecule has 0 N–H and O–H groups in total. The summed E-state index contributed by atoms with van der Waals surface area (Å²) in [6, 6.07) is 0. The maximum Gasteiger partial charge on any atom is 0.266 e. The lowest BCUT2D eigenvalue weighted by molar-refractivity contribution is 0.130. The van der Waals surface area contributed by atoms with E-state index in [1.54, 1.807) is 0 Å². The van der Waals surface area contributed by atoms with Crippen molar-refractivity contribution in [3.63, 3.8) is 0 Å². The Balaban J connectivity index is 2.96.